The van der Waals surface area contributed by atoms with Gasteiger partial charge in [0.2, 0.25) is 0 Å². The minimum absolute atomic E-state index is 0.206. The van der Waals surface area contributed by atoms with Crippen molar-refractivity contribution in [3.63, 3.8) is 0 Å². The summed E-state index contributed by atoms with van der Waals surface area (Å²) in [5.74, 6) is 0.505. The number of alkyl halides is 3. The highest BCUT2D eigenvalue weighted by Gasteiger charge is 2.35. The molecule has 3 aromatic rings. The van der Waals surface area contributed by atoms with E-state index in [-0.39, 0.29) is 17.8 Å². The number of morpholine rings is 1. The van der Waals surface area contributed by atoms with E-state index in [0.29, 0.717) is 17.1 Å². The molecular weight excluding hydrogens is 431 g/mol. The summed E-state index contributed by atoms with van der Waals surface area (Å²) in [6.45, 7) is 6.82. The van der Waals surface area contributed by atoms with Gasteiger partial charge in [-0.1, -0.05) is 12.1 Å². The van der Waals surface area contributed by atoms with Crippen molar-refractivity contribution in [1.29, 1.82) is 0 Å². The predicted molar refractivity (Wildman–Crippen MR) is 120 cm³/mol. The number of pyridine rings is 1. The first-order valence-corrected chi connectivity index (χ1v) is 11.2. The van der Waals surface area contributed by atoms with Gasteiger partial charge < -0.3 is 15.0 Å². The average molecular weight is 458 g/mol. The van der Waals surface area contributed by atoms with Crippen LogP contribution in [-0.2, 0) is 10.9 Å². The van der Waals surface area contributed by atoms with Gasteiger partial charge in [0, 0.05) is 18.5 Å². The molecule has 1 aromatic carbocycles. The molecule has 9 heteroatoms. The van der Waals surface area contributed by atoms with E-state index in [1.165, 1.54) is 13.0 Å². The van der Waals surface area contributed by atoms with Crippen LogP contribution in [-0.4, -0.2) is 40.5 Å². The SMILES string of the molecule is Cc1c([C@@H](C)Nc2nnc(C)c3ncc(N4CC5CCC(C4)O5)cc23)cccc1C(F)(F)F. The molecule has 5 rings (SSSR count). The van der Waals surface area contributed by atoms with Crippen LogP contribution in [0.3, 0.4) is 0 Å². The van der Waals surface area contributed by atoms with Crippen LogP contribution in [0.2, 0.25) is 0 Å². The zero-order valence-electron chi connectivity index (χ0n) is 18.8. The summed E-state index contributed by atoms with van der Waals surface area (Å²) in [7, 11) is 0. The summed E-state index contributed by atoms with van der Waals surface area (Å²) < 4.78 is 46.1. The number of hydrogen-bond donors (Lipinski definition) is 1. The molecule has 3 atom stereocenters. The maximum Gasteiger partial charge on any atom is 0.416 e. The van der Waals surface area contributed by atoms with Gasteiger partial charge in [-0.05, 0) is 56.9 Å². The zero-order valence-corrected chi connectivity index (χ0v) is 18.8. The third-order valence-corrected chi connectivity index (χ3v) is 6.68. The van der Waals surface area contributed by atoms with Gasteiger partial charge in [-0.15, -0.1) is 5.10 Å². The van der Waals surface area contributed by atoms with Gasteiger partial charge in [-0.25, -0.2) is 0 Å². The molecule has 2 aliphatic heterocycles. The van der Waals surface area contributed by atoms with Crippen LogP contribution in [0.5, 0.6) is 0 Å². The summed E-state index contributed by atoms with van der Waals surface area (Å²) in [5.41, 5.74) is 2.55. The Balaban J connectivity index is 1.49. The van der Waals surface area contributed by atoms with E-state index in [1.807, 2.05) is 26.1 Å². The molecule has 0 spiro atoms. The van der Waals surface area contributed by atoms with Gasteiger partial charge in [-0.3, -0.25) is 4.98 Å². The highest BCUT2D eigenvalue weighted by Crippen LogP contribution is 2.36. The highest BCUT2D eigenvalue weighted by molar-refractivity contribution is 5.92. The number of aryl methyl sites for hydroxylation is 1. The van der Waals surface area contributed by atoms with E-state index in [9.17, 15) is 13.2 Å². The molecular formula is C24H26F3N5O. The lowest BCUT2D eigenvalue weighted by molar-refractivity contribution is -0.138. The average Bonchev–Trinajstić information content (AvgIpc) is 3.12. The molecule has 0 saturated carbocycles. The third-order valence-electron chi connectivity index (χ3n) is 6.68. The fraction of sp³-hybridized carbons (Fsp3) is 0.458. The molecule has 1 N–H and O–H groups in total. The molecule has 6 nitrogen and oxygen atoms in total. The molecule has 2 aromatic heterocycles. The highest BCUT2D eigenvalue weighted by atomic mass is 19.4. The maximum absolute atomic E-state index is 13.4. The number of ether oxygens (including phenoxy) is 1. The lowest BCUT2D eigenvalue weighted by Crippen LogP contribution is -2.42. The number of anilines is 2. The number of aromatic nitrogens is 3. The van der Waals surface area contributed by atoms with E-state index in [4.69, 9.17) is 4.74 Å². The predicted octanol–water partition coefficient (Wildman–Crippen LogP) is 5.20. The molecule has 174 valence electrons. The summed E-state index contributed by atoms with van der Waals surface area (Å²) in [4.78, 5) is 6.95. The van der Waals surface area contributed by atoms with Crippen LogP contribution < -0.4 is 10.2 Å². The van der Waals surface area contributed by atoms with Crippen LogP contribution in [0.4, 0.5) is 24.7 Å². The Morgan fingerprint density at radius 3 is 2.55 bits per heavy atom. The minimum Gasteiger partial charge on any atom is -0.371 e. The van der Waals surface area contributed by atoms with Crippen LogP contribution in [0, 0.1) is 13.8 Å². The summed E-state index contributed by atoms with van der Waals surface area (Å²) in [6, 6.07) is 5.89. The second kappa shape index (κ2) is 8.13. The Labute approximate surface area is 190 Å². The zero-order chi connectivity index (χ0) is 23.3. The van der Waals surface area contributed by atoms with E-state index >= 15 is 0 Å². The number of hydrogen-bond acceptors (Lipinski definition) is 6. The monoisotopic (exact) mass is 457 g/mol. The first-order chi connectivity index (χ1) is 15.7. The molecule has 0 aliphatic carbocycles. The van der Waals surface area contributed by atoms with Crippen LogP contribution in [0.15, 0.2) is 30.5 Å². The third kappa shape index (κ3) is 4.10. The van der Waals surface area contributed by atoms with E-state index in [2.05, 4.69) is 25.4 Å². The molecule has 2 unspecified atom stereocenters. The van der Waals surface area contributed by atoms with Crippen molar-refractivity contribution in [2.45, 2.75) is 58.0 Å². The maximum atomic E-state index is 13.4. The van der Waals surface area contributed by atoms with Crippen molar-refractivity contribution in [3.8, 4) is 0 Å². The molecule has 4 heterocycles. The van der Waals surface area contributed by atoms with Gasteiger partial charge in [0.15, 0.2) is 5.82 Å². The standard InChI is InChI=1S/C24H26F3N5O/c1-13-19(5-4-6-21(13)24(25,26)27)14(2)29-23-20-9-16(10-28-22(20)15(3)30-31-23)32-11-17-7-8-18(12-32)33-17/h4-6,9-10,14,17-18H,7-8,11-12H2,1-3H3,(H,29,31)/t14-,17?,18?/m1/s1. The van der Waals surface area contributed by atoms with Gasteiger partial charge in [-0.2, -0.15) is 18.3 Å². The number of nitrogens with one attached hydrogen (secondary N) is 1. The summed E-state index contributed by atoms with van der Waals surface area (Å²) in [6.07, 6.45) is 0.107. The Morgan fingerprint density at radius 2 is 1.85 bits per heavy atom. The molecule has 0 radical (unpaired) electrons. The van der Waals surface area contributed by atoms with Crippen molar-refractivity contribution < 1.29 is 17.9 Å². The Hall–Kier alpha value is -2.94. The van der Waals surface area contributed by atoms with Crippen molar-refractivity contribution in [2.75, 3.05) is 23.3 Å². The molecule has 2 bridgehead atoms. The topological polar surface area (TPSA) is 63.2 Å². The Kier molecular flexibility index (Phi) is 5.39. The van der Waals surface area contributed by atoms with Gasteiger partial charge in [0.25, 0.3) is 0 Å². The second-order valence-corrected chi connectivity index (χ2v) is 8.97. The van der Waals surface area contributed by atoms with Crippen LogP contribution >= 0.6 is 0 Å². The largest absolute Gasteiger partial charge is 0.416 e. The summed E-state index contributed by atoms with van der Waals surface area (Å²) in [5, 5.41) is 12.6. The Morgan fingerprint density at radius 1 is 1.12 bits per heavy atom. The number of benzene rings is 1. The lowest BCUT2D eigenvalue weighted by atomic mass is 9.97. The summed E-state index contributed by atoms with van der Waals surface area (Å²) >= 11 is 0. The smallest absolute Gasteiger partial charge is 0.371 e. The minimum atomic E-state index is -4.40. The van der Waals surface area contributed by atoms with Crippen molar-refractivity contribution in [1.82, 2.24) is 15.2 Å². The molecule has 33 heavy (non-hydrogen) atoms. The molecule has 2 aliphatic rings. The fourth-order valence-corrected chi connectivity index (χ4v) is 4.97. The fourth-order valence-electron chi connectivity index (χ4n) is 4.97. The second-order valence-electron chi connectivity index (χ2n) is 8.97. The van der Waals surface area contributed by atoms with E-state index < -0.39 is 17.8 Å². The van der Waals surface area contributed by atoms with Crippen molar-refractivity contribution in [3.05, 3.63) is 52.8 Å². The van der Waals surface area contributed by atoms with Gasteiger partial charge >= 0.3 is 6.18 Å². The lowest BCUT2D eigenvalue weighted by Gasteiger charge is -2.33. The number of nitrogens with zero attached hydrogens (tertiary/aromatic N) is 4. The number of rotatable bonds is 4. The van der Waals surface area contributed by atoms with E-state index in [0.717, 1.165) is 48.6 Å². The van der Waals surface area contributed by atoms with E-state index in [1.54, 1.807) is 6.07 Å². The quantitative estimate of drug-likeness (QED) is 0.581. The molecule has 0 amide bonds. The normalized spacial score (nSPS) is 21.5. The first kappa shape index (κ1) is 21.9. The first-order valence-electron chi connectivity index (χ1n) is 11.2. The van der Waals surface area contributed by atoms with Crippen LogP contribution in [0.25, 0.3) is 10.9 Å². The Bertz CT molecular complexity index is 1190. The molecule has 2 saturated heterocycles. The van der Waals surface area contributed by atoms with Crippen molar-refractivity contribution in [2.24, 2.45) is 0 Å². The van der Waals surface area contributed by atoms with Gasteiger partial charge in [0.05, 0.1) is 46.9 Å². The number of fused-ring (bicyclic) bond motifs is 3. The van der Waals surface area contributed by atoms with Gasteiger partial charge in [0.1, 0.15) is 0 Å². The van der Waals surface area contributed by atoms with Crippen molar-refractivity contribution >= 4 is 22.4 Å². The molecule has 2 fully saturated rings. The van der Waals surface area contributed by atoms with Crippen LogP contribution in [0.1, 0.15) is 48.2 Å². The number of halogens is 3.